The average Bonchev–Trinajstić information content (AvgIpc) is 2.67. The van der Waals surface area contributed by atoms with Gasteiger partial charge in [0.1, 0.15) is 0 Å². The molecule has 2 nitrogen and oxygen atoms in total. The third-order valence-corrected chi connectivity index (χ3v) is 2.77. The molecule has 2 aliphatic rings. The summed E-state index contributed by atoms with van der Waals surface area (Å²) in [4.78, 5) is 0. The topological polar surface area (TPSA) is 18.5 Å². The quantitative estimate of drug-likeness (QED) is 0.577. The van der Waals surface area contributed by atoms with E-state index in [1.807, 2.05) is 0 Å². The molecule has 11 heavy (non-hydrogen) atoms. The van der Waals surface area contributed by atoms with Crippen LogP contribution in [0.5, 0.6) is 0 Å². The maximum atomic E-state index is 5.78. The van der Waals surface area contributed by atoms with Crippen LogP contribution in [0.2, 0.25) is 0 Å². The predicted molar refractivity (Wildman–Crippen MR) is 42.2 cm³/mol. The van der Waals surface area contributed by atoms with E-state index in [0.29, 0.717) is 0 Å². The molecule has 2 atom stereocenters. The minimum atomic E-state index is 0.0706. The average molecular weight is 156 g/mol. The van der Waals surface area contributed by atoms with Gasteiger partial charge in [0.15, 0.2) is 6.29 Å². The first kappa shape index (κ1) is 7.56. The Morgan fingerprint density at radius 2 is 2.18 bits per heavy atom. The molecule has 0 aromatic heterocycles. The molecule has 2 heteroatoms. The van der Waals surface area contributed by atoms with Crippen molar-refractivity contribution >= 4 is 0 Å². The lowest BCUT2D eigenvalue weighted by Crippen LogP contribution is -2.34. The lowest BCUT2D eigenvalue weighted by molar-refractivity contribution is -0.202. The van der Waals surface area contributed by atoms with E-state index in [9.17, 15) is 0 Å². The van der Waals surface area contributed by atoms with Gasteiger partial charge in [0, 0.05) is 13.5 Å². The van der Waals surface area contributed by atoms with Crippen LogP contribution in [0.3, 0.4) is 0 Å². The van der Waals surface area contributed by atoms with Crippen LogP contribution in [0.25, 0.3) is 0 Å². The predicted octanol–water partition coefficient (Wildman–Crippen LogP) is 1.94. The van der Waals surface area contributed by atoms with Crippen LogP contribution in [0.4, 0.5) is 0 Å². The summed E-state index contributed by atoms with van der Waals surface area (Å²) in [7, 11) is 1.73. The Hall–Kier alpha value is -0.0800. The Morgan fingerprint density at radius 3 is 2.73 bits per heavy atom. The maximum absolute atomic E-state index is 5.78. The number of ether oxygens (including phenoxy) is 2. The van der Waals surface area contributed by atoms with Gasteiger partial charge in [-0.05, 0) is 25.2 Å². The molecule has 64 valence electrons. The molecule has 0 radical (unpaired) electrons. The first-order valence-corrected chi connectivity index (χ1v) is 4.45. The second-order valence-electron chi connectivity index (χ2n) is 4.01. The SMILES string of the molecule is COC1CC(C)CC2(CC2)O1. The molecule has 1 spiro atoms. The van der Waals surface area contributed by atoms with E-state index in [2.05, 4.69) is 6.92 Å². The zero-order valence-corrected chi connectivity index (χ0v) is 7.30. The lowest BCUT2D eigenvalue weighted by atomic mass is 9.95. The van der Waals surface area contributed by atoms with Crippen molar-refractivity contribution in [1.29, 1.82) is 0 Å². The lowest BCUT2D eigenvalue weighted by Gasteiger charge is -2.33. The van der Waals surface area contributed by atoms with Gasteiger partial charge in [0.05, 0.1) is 5.60 Å². The number of hydrogen-bond acceptors (Lipinski definition) is 2. The fourth-order valence-corrected chi connectivity index (χ4v) is 2.03. The molecular weight excluding hydrogens is 140 g/mol. The Labute approximate surface area is 67.9 Å². The fraction of sp³-hybridized carbons (Fsp3) is 1.00. The molecule has 0 N–H and O–H groups in total. The zero-order chi connectivity index (χ0) is 7.90. The molecule has 0 bridgehead atoms. The van der Waals surface area contributed by atoms with E-state index in [0.717, 1.165) is 12.3 Å². The smallest absolute Gasteiger partial charge is 0.158 e. The van der Waals surface area contributed by atoms with Gasteiger partial charge in [-0.15, -0.1) is 0 Å². The normalized spacial score (nSPS) is 40.9. The van der Waals surface area contributed by atoms with Crippen LogP contribution < -0.4 is 0 Å². The van der Waals surface area contributed by atoms with Crippen molar-refractivity contribution in [3.63, 3.8) is 0 Å². The summed E-state index contributed by atoms with van der Waals surface area (Å²) < 4.78 is 11.0. The number of hydrogen-bond donors (Lipinski definition) is 0. The monoisotopic (exact) mass is 156 g/mol. The summed E-state index contributed by atoms with van der Waals surface area (Å²) >= 11 is 0. The van der Waals surface area contributed by atoms with Gasteiger partial charge < -0.3 is 9.47 Å². The van der Waals surface area contributed by atoms with Gasteiger partial charge >= 0.3 is 0 Å². The third kappa shape index (κ3) is 1.42. The number of methoxy groups -OCH3 is 1. The molecule has 1 saturated heterocycles. The van der Waals surface area contributed by atoms with Crippen molar-refractivity contribution in [3.8, 4) is 0 Å². The van der Waals surface area contributed by atoms with Gasteiger partial charge in [0.25, 0.3) is 0 Å². The van der Waals surface area contributed by atoms with E-state index in [4.69, 9.17) is 9.47 Å². The first-order chi connectivity index (χ1) is 5.24. The molecule has 2 fully saturated rings. The summed E-state index contributed by atoms with van der Waals surface area (Å²) in [6.45, 7) is 2.29. The number of rotatable bonds is 1. The molecule has 2 rings (SSSR count). The molecule has 0 aromatic carbocycles. The van der Waals surface area contributed by atoms with Gasteiger partial charge in [-0.2, -0.15) is 0 Å². The second kappa shape index (κ2) is 2.46. The van der Waals surface area contributed by atoms with Gasteiger partial charge in [-0.3, -0.25) is 0 Å². The zero-order valence-electron chi connectivity index (χ0n) is 7.30. The molecule has 1 heterocycles. The summed E-state index contributed by atoms with van der Waals surface area (Å²) in [5.74, 6) is 0.774. The largest absolute Gasteiger partial charge is 0.356 e. The van der Waals surface area contributed by atoms with Crippen molar-refractivity contribution < 1.29 is 9.47 Å². The highest BCUT2D eigenvalue weighted by atomic mass is 16.7. The third-order valence-electron chi connectivity index (χ3n) is 2.77. The first-order valence-electron chi connectivity index (χ1n) is 4.45. The van der Waals surface area contributed by atoms with Crippen LogP contribution in [-0.4, -0.2) is 19.0 Å². The van der Waals surface area contributed by atoms with Gasteiger partial charge in [0.2, 0.25) is 0 Å². The summed E-state index contributed by atoms with van der Waals surface area (Å²) in [6.07, 6.45) is 4.88. The fourth-order valence-electron chi connectivity index (χ4n) is 2.03. The highest BCUT2D eigenvalue weighted by Crippen LogP contribution is 2.49. The van der Waals surface area contributed by atoms with E-state index >= 15 is 0 Å². The van der Waals surface area contributed by atoms with E-state index in [1.54, 1.807) is 7.11 Å². The Balaban J connectivity index is 1.97. The molecule has 1 aliphatic carbocycles. The van der Waals surface area contributed by atoms with Crippen molar-refractivity contribution in [2.45, 2.75) is 44.5 Å². The summed E-state index contributed by atoms with van der Waals surface area (Å²) in [5.41, 5.74) is 0.248. The summed E-state index contributed by atoms with van der Waals surface area (Å²) in [5, 5.41) is 0. The van der Waals surface area contributed by atoms with Crippen LogP contribution in [-0.2, 0) is 9.47 Å². The highest BCUT2D eigenvalue weighted by molar-refractivity contribution is 4.99. The minimum Gasteiger partial charge on any atom is -0.356 e. The maximum Gasteiger partial charge on any atom is 0.158 e. The Bertz CT molecular complexity index is 152. The summed E-state index contributed by atoms with van der Waals surface area (Å²) in [6, 6.07) is 0. The molecule has 2 unspecified atom stereocenters. The standard InChI is InChI=1S/C9H16O2/c1-7-5-8(10-2)11-9(6-7)3-4-9/h7-8H,3-6H2,1-2H3. The van der Waals surface area contributed by atoms with Crippen molar-refractivity contribution in [2.24, 2.45) is 5.92 Å². The molecule has 0 aromatic rings. The van der Waals surface area contributed by atoms with Gasteiger partial charge in [-0.25, -0.2) is 0 Å². The Kier molecular flexibility index (Phi) is 1.69. The molecule has 1 aliphatic heterocycles. The van der Waals surface area contributed by atoms with E-state index in [1.165, 1.54) is 19.3 Å². The van der Waals surface area contributed by atoms with E-state index < -0.39 is 0 Å². The van der Waals surface area contributed by atoms with Gasteiger partial charge in [-0.1, -0.05) is 6.92 Å². The van der Waals surface area contributed by atoms with Crippen LogP contribution >= 0.6 is 0 Å². The van der Waals surface area contributed by atoms with Crippen LogP contribution in [0.1, 0.15) is 32.6 Å². The van der Waals surface area contributed by atoms with Crippen LogP contribution in [0, 0.1) is 5.92 Å². The minimum absolute atomic E-state index is 0.0706. The molecular formula is C9H16O2. The van der Waals surface area contributed by atoms with Crippen molar-refractivity contribution in [2.75, 3.05) is 7.11 Å². The van der Waals surface area contributed by atoms with Crippen molar-refractivity contribution in [3.05, 3.63) is 0 Å². The van der Waals surface area contributed by atoms with E-state index in [-0.39, 0.29) is 11.9 Å². The molecule has 1 saturated carbocycles. The van der Waals surface area contributed by atoms with Crippen LogP contribution in [0.15, 0.2) is 0 Å². The highest BCUT2D eigenvalue weighted by Gasteiger charge is 2.49. The van der Waals surface area contributed by atoms with Crippen molar-refractivity contribution in [1.82, 2.24) is 0 Å². The molecule has 0 amide bonds. The second-order valence-corrected chi connectivity index (χ2v) is 4.01. The Morgan fingerprint density at radius 1 is 1.45 bits per heavy atom.